The van der Waals surface area contributed by atoms with Gasteiger partial charge in [0, 0.05) is 50.7 Å². The van der Waals surface area contributed by atoms with E-state index in [1.165, 1.54) is 0 Å². The fourth-order valence-corrected chi connectivity index (χ4v) is 3.66. The van der Waals surface area contributed by atoms with E-state index in [2.05, 4.69) is 0 Å². The third-order valence-electron chi connectivity index (χ3n) is 5.31. The zero-order chi connectivity index (χ0) is 18.8. The molecule has 6 nitrogen and oxygen atoms in total. The van der Waals surface area contributed by atoms with Crippen LogP contribution < -0.4 is 0 Å². The van der Waals surface area contributed by atoms with Gasteiger partial charge in [0.25, 0.3) is 5.91 Å². The first-order valence-electron chi connectivity index (χ1n) is 9.31. The highest BCUT2D eigenvalue weighted by Gasteiger charge is 2.38. The molecule has 140 valence electrons. The van der Waals surface area contributed by atoms with Gasteiger partial charge in [-0.25, -0.2) is 0 Å². The summed E-state index contributed by atoms with van der Waals surface area (Å²) in [6, 6.07) is 7.69. The van der Waals surface area contributed by atoms with Crippen molar-refractivity contribution >= 4 is 17.7 Å². The minimum atomic E-state index is -0.246. The Hall–Kier alpha value is -2.37. The van der Waals surface area contributed by atoms with Crippen LogP contribution in [0.2, 0.25) is 0 Å². The lowest BCUT2D eigenvalue weighted by Crippen LogP contribution is -2.52. The number of likely N-dealkylation sites (tertiary alicyclic amines) is 1. The Morgan fingerprint density at radius 2 is 1.58 bits per heavy atom. The molecule has 2 aliphatic heterocycles. The van der Waals surface area contributed by atoms with E-state index in [0.717, 1.165) is 5.56 Å². The van der Waals surface area contributed by atoms with Gasteiger partial charge in [0.15, 0.2) is 0 Å². The number of piperazine rings is 1. The molecule has 2 heterocycles. The summed E-state index contributed by atoms with van der Waals surface area (Å²) in [5.41, 5.74) is 1.81. The SMILES string of the molecule is Cc1ccc(C(=O)N2CCN(C(=O)C3CC(=O)N(C(C)C)C3)CC2)cc1. The Labute approximate surface area is 154 Å². The quantitative estimate of drug-likeness (QED) is 0.824. The van der Waals surface area contributed by atoms with Crippen molar-refractivity contribution in [2.75, 3.05) is 32.7 Å². The van der Waals surface area contributed by atoms with Crippen molar-refractivity contribution < 1.29 is 14.4 Å². The summed E-state index contributed by atoms with van der Waals surface area (Å²) < 4.78 is 0. The van der Waals surface area contributed by atoms with Crippen molar-refractivity contribution in [2.45, 2.75) is 33.2 Å². The molecule has 3 amide bonds. The van der Waals surface area contributed by atoms with Crippen LogP contribution in [0.3, 0.4) is 0 Å². The molecule has 3 rings (SSSR count). The molecule has 0 saturated carbocycles. The molecular formula is C20H27N3O3. The maximum Gasteiger partial charge on any atom is 0.253 e. The van der Waals surface area contributed by atoms with E-state index in [1.54, 1.807) is 14.7 Å². The Morgan fingerprint density at radius 3 is 2.12 bits per heavy atom. The van der Waals surface area contributed by atoms with E-state index in [4.69, 9.17) is 0 Å². The number of rotatable bonds is 3. The molecular weight excluding hydrogens is 330 g/mol. The monoisotopic (exact) mass is 357 g/mol. The lowest BCUT2D eigenvalue weighted by Gasteiger charge is -2.36. The molecule has 0 N–H and O–H groups in total. The van der Waals surface area contributed by atoms with Gasteiger partial charge in [0.05, 0.1) is 5.92 Å². The highest BCUT2D eigenvalue weighted by molar-refractivity contribution is 5.94. The van der Waals surface area contributed by atoms with Crippen LogP contribution in [0.1, 0.15) is 36.2 Å². The Balaban J connectivity index is 1.55. The summed E-state index contributed by atoms with van der Waals surface area (Å²) in [7, 11) is 0. The summed E-state index contributed by atoms with van der Waals surface area (Å²) in [5, 5.41) is 0. The molecule has 2 aliphatic rings. The molecule has 0 aliphatic carbocycles. The first kappa shape index (κ1) is 18.4. The lowest BCUT2D eigenvalue weighted by molar-refractivity contribution is -0.137. The fourth-order valence-electron chi connectivity index (χ4n) is 3.66. The van der Waals surface area contributed by atoms with Crippen LogP contribution in [0, 0.1) is 12.8 Å². The zero-order valence-electron chi connectivity index (χ0n) is 15.8. The largest absolute Gasteiger partial charge is 0.339 e. The first-order valence-corrected chi connectivity index (χ1v) is 9.31. The van der Waals surface area contributed by atoms with E-state index < -0.39 is 0 Å². The van der Waals surface area contributed by atoms with Crippen LogP contribution in [0.25, 0.3) is 0 Å². The number of aryl methyl sites for hydroxylation is 1. The number of carbonyl (C=O) groups excluding carboxylic acids is 3. The number of hydrogen-bond acceptors (Lipinski definition) is 3. The maximum atomic E-state index is 12.7. The van der Waals surface area contributed by atoms with E-state index in [9.17, 15) is 14.4 Å². The van der Waals surface area contributed by atoms with E-state index >= 15 is 0 Å². The van der Waals surface area contributed by atoms with Crippen molar-refractivity contribution in [3.63, 3.8) is 0 Å². The Bertz CT molecular complexity index is 691. The van der Waals surface area contributed by atoms with Gasteiger partial charge in [-0.15, -0.1) is 0 Å². The van der Waals surface area contributed by atoms with Crippen LogP contribution in [0.5, 0.6) is 0 Å². The minimum Gasteiger partial charge on any atom is -0.339 e. The molecule has 2 saturated heterocycles. The number of amides is 3. The molecule has 0 spiro atoms. The fraction of sp³-hybridized carbons (Fsp3) is 0.550. The average Bonchev–Trinajstić information content (AvgIpc) is 3.03. The lowest BCUT2D eigenvalue weighted by atomic mass is 10.1. The van der Waals surface area contributed by atoms with Gasteiger partial charge < -0.3 is 14.7 Å². The van der Waals surface area contributed by atoms with Crippen LogP contribution >= 0.6 is 0 Å². The summed E-state index contributed by atoms with van der Waals surface area (Å²) in [6.45, 7) is 8.58. The summed E-state index contributed by atoms with van der Waals surface area (Å²) in [6.07, 6.45) is 0.305. The molecule has 1 aromatic rings. The molecule has 1 unspecified atom stereocenters. The van der Waals surface area contributed by atoms with Crippen LogP contribution in [-0.4, -0.2) is 71.2 Å². The number of benzene rings is 1. The van der Waals surface area contributed by atoms with Gasteiger partial charge in [-0.1, -0.05) is 17.7 Å². The van der Waals surface area contributed by atoms with Crippen molar-refractivity contribution in [2.24, 2.45) is 5.92 Å². The summed E-state index contributed by atoms with van der Waals surface area (Å²) in [5.74, 6) is -0.126. The average molecular weight is 357 g/mol. The normalized spacial score (nSPS) is 20.8. The van der Waals surface area contributed by atoms with Gasteiger partial charge in [-0.3, -0.25) is 14.4 Å². The van der Waals surface area contributed by atoms with E-state index in [-0.39, 0.29) is 29.7 Å². The van der Waals surface area contributed by atoms with Crippen molar-refractivity contribution in [1.29, 1.82) is 0 Å². The Morgan fingerprint density at radius 1 is 1.00 bits per heavy atom. The number of carbonyl (C=O) groups is 3. The molecule has 0 bridgehead atoms. The third kappa shape index (κ3) is 3.74. The second-order valence-electron chi connectivity index (χ2n) is 7.52. The summed E-state index contributed by atoms with van der Waals surface area (Å²) in [4.78, 5) is 42.7. The Kier molecular flexibility index (Phi) is 5.30. The molecule has 1 aromatic carbocycles. The van der Waals surface area contributed by atoms with Gasteiger partial charge in [0.1, 0.15) is 0 Å². The van der Waals surface area contributed by atoms with Gasteiger partial charge in [-0.2, -0.15) is 0 Å². The third-order valence-corrected chi connectivity index (χ3v) is 5.31. The smallest absolute Gasteiger partial charge is 0.253 e. The van der Waals surface area contributed by atoms with E-state index in [0.29, 0.717) is 44.7 Å². The summed E-state index contributed by atoms with van der Waals surface area (Å²) >= 11 is 0. The van der Waals surface area contributed by atoms with E-state index in [1.807, 2.05) is 45.0 Å². The topological polar surface area (TPSA) is 60.9 Å². The molecule has 2 fully saturated rings. The van der Waals surface area contributed by atoms with Gasteiger partial charge >= 0.3 is 0 Å². The van der Waals surface area contributed by atoms with Crippen molar-refractivity contribution in [3.05, 3.63) is 35.4 Å². The minimum absolute atomic E-state index is 0.0131. The van der Waals surface area contributed by atoms with Crippen molar-refractivity contribution in [1.82, 2.24) is 14.7 Å². The van der Waals surface area contributed by atoms with Crippen LogP contribution in [-0.2, 0) is 9.59 Å². The molecule has 1 atom stereocenters. The highest BCUT2D eigenvalue weighted by Crippen LogP contribution is 2.23. The first-order chi connectivity index (χ1) is 12.4. The maximum absolute atomic E-state index is 12.7. The van der Waals surface area contributed by atoms with Crippen LogP contribution in [0.15, 0.2) is 24.3 Å². The predicted octanol–water partition coefficient (Wildman–Crippen LogP) is 1.54. The molecule has 0 aromatic heterocycles. The predicted molar refractivity (Wildman–Crippen MR) is 98.6 cm³/mol. The van der Waals surface area contributed by atoms with Crippen LogP contribution in [0.4, 0.5) is 0 Å². The second-order valence-corrected chi connectivity index (χ2v) is 7.52. The molecule has 0 radical (unpaired) electrons. The number of nitrogens with zero attached hydrogens (tertiary/aromatic N) is 3. The second kappa shape index (κ2) is 7.48. The standard InChI is InChI=1S/C20H27N3O3/c1-14(2)23-13-17(12-18(23)24)20(26)22-10-8-21(9-11-22)19(25)16-6-4-15(3)5-7-16/h4-7,14,17H,8-13H2,1-3H3. The molecule has 6 heteroatoms. The number of hydrogen-bond donors (Lipinski definition) is 0. The molecule has 26 heavy (non-hydrogen) atoms. The van der Waals surface area contributed by atoms with Crippen molar-refractivity contribution in [3.8, 4) is 0 Å². The highest BCUT2D eigenvalue weighted by atomic mass is 16.2. The van der Waals surface area contributed by atoms with Gasteiger partial charge in [-0.05, 0) is 32.9 Å². The zero-order valence-corrected chi connectivity index (χ0v) is 15.8. The van der Waals surface area contributed by atoms with Gasteiger partial charge in [0.2, 0.25) is 11.8 Å².